The van der Waals surface area contributed by atoms with Crippen LogP contribution >= 0.6 is 0 Å². The molecule has 1 N–H and O–H groups in total. The summed E-state index contributed by atoms with van der Waals surface area (Å²) in [5.74, 6) is 0.613. The average molecular weight is 296 g/mol. The topological polar surface area (TPSA) is 50.7 Å². The van der Waals surface area contributed by atoms with E-state index < -0.39 is 0 Å². The van der Waals surface area contributed by atoms with Gasteiger partial charge in [-0.3, -0.25) is 4.79 Å². The van der Waals surface area contributed by atoms with E-state index in [0.29, 0.717) is 12.2 Å². The molecule has 2 aromatic carbocycles. The van der Waals surface area contributed by atoms with Crippen LogP contribution in [0.3, 0.4) is 0 Å². The van der Waals surface area contributed by atoms with Crippen LogP contribution in [0.4, 0.5) is 0 Å². The summed E-state index contributed by atoms with van der Waals surface area (Å²) in [4.78, 5) is 11.9. The lowest BCUT2D eigenvalue weighted by molar-refractivity contribution is 0.0955. The molecule has 0 heterocycles. The molecule has 0 aromatic heterocycles. The second-order valence-corrected chi connectivity index (χ2v) is 4.98. The van der Waals surface area contributed by atoms with Crippen molar-refractivity contribution >= 4 is 12.1 Å². The van der Waals surface area contributed by atoms with Crippen LogP contribution < -0.4 is 10.2 Å². The molecule has 0 spiro atoms. The summed E-state index contributed by atoms with van der Waals surface area (Å²) in [6.07, 6.45) is 2.59. The highest BCUT2D eigenvalue weighted by molar-refractivity contribution is 5.94. The predicted molar refractivity (Wildman–Crippen MR) is 88.5 cm³/mol. The van der Waals surface area contributed by atoms with Gasteiger partial charge in [-0.05, 0) is 55.3 Å². The highest BCUT2D eigenvalue weighted by Crippen LogP contribution is 2.11. The van der Waals surface area contributed by atoms with E-state index in [1.807, 2.05) is 43.3 Å². The van der Waals surface area contributed by atoms with Crippen molar-refractivity contribution in [2.45, 2.75) is 20.3 Å². The van der Waals surface area contributed by atoms with Crippen molar-refractivity contribution in [3.05, 3.63) is 65.2 Å². The van der Waals surface area contributed by atoms with Crippen LogP contribution in [0.5, 0.6) is 5.75 Å². The lowest BCUT2D eigenvalue weighted by atomic mass is 10.1. The van der Waals surface area contributed by atoms with Gasteiger partial charge in [-0.1, -0.05) is 24.6 Å². The van der Waals surface area contributed by atoms with E-state index in [4.69, 9.17) is 4.74 Å². The Kier molecular flexibility index (Phi) is 5.72. The number of carbonyl (C=O) groups is 1. The highest BCUT2D eigenvalue weighted by atomic mass is 16.5. The van der Waals surface area contributed by atoms with Gasteiger partial charge in [0.1, 0.15) is 5.75 Å². The van der Waals surface area contributed by atoms with E-state index in [1.54, 1.807) is 18.3 Å². The Hall–Kier alpha value is -2.62. The van der Waals surface area contributed by atoms with Gasteiger partial charge in [-0.25, -0.2) is 5.43 Å². The summed E-state index contributed by atoms with van der Waals surface area (Å²) in [5, 5.41) is 3.97. The quantitative estimate of drug-likeness (QED) is 0.654. The van der Waals surface area contributed by atoms with Gasteiger partial charge in [0, 0.05) is 5.56 Å². The molecule has 22 heavy (non-hydrogen) atoms. The maximum absolute atomic E-state index is 11.9. The molecule has 0 aliphatic carbocycles. The van der Waals surface area contributed by atoms with Crippen LogP contribution in [-0.2, 0) is 0 Å². The zero-order valence-electron chi connectivity index (χ0n) is 12.9. The minimum atomic E-state index is -0.223. The molecule has 2 aromatic rings. The molecule has 4 heteroatoms. The first kappa shape index (κ1) is 15.8. The Bertz CT molecular complexity index is 631. The van der Waals surface area contributed by atoms with Crippen LogP contribution in [0.2, 0.25) is 0 Å². The molecule has 0 saturated carbocycles. The molecule has 114 valence electrons. The third-order valence-electron chi connectivity index (χ3n) is 3.05. The van der Waals surface area contributed by atoms with Gasteiger partial charge in [0.2, 0.25) is 0 Å². The van der Waals surface area contributed by atoms with Crippen LogP contribution in [0, 0.1) is 6.92 Å². The second kappa shape index (κ2) is 7.98. The van der Waals surface area contributed by atoms with Crippen LogP contribution in [0.1, 0.15) is 34.8 Å². The SMILES string of the molecule is CCCOc1ccc(C=NNC(=O)c2ccc(C)cc2)cc1. The van der Waals surface area contributed by atoms with Gasteiger partial charge in [0.15, 0.2) is 0 Å². The third kappa shape index (κ3) is 4.74. The maximum atomic E-state index is 11.9. The molecular weight excluding hydrogens is 276 g/mol. The molecule has 0 aliphatic rings. The summed E-state index contributed by atoms with van der Waals surface area (Å²) in [5.41, 5.74) is 5.12. The second-order valence-electron chi connectivity index (χ2n) is 4.98. The van der Waals surface area contributed by atoms with Crippen molar-refractivity contribution < 1.29 is 9.53 Å². The molecule has 0 aliphatic heterocycles. The van der Waals surface area contributed by atoms with E-state index in [-0.39, 0.29) is 5.91 Å². The first-order valence-electron chi connectivity index (χ1n) is 7.32. The van der Waals surface area contributed by atoms with E-state index in [2.05, 4.69) is 17.5 Å². The number of hydrogen-bond donors (Lipinski definition) is 1. The average Bonchev–Trinajstić information content (AvgIpc) is 2.54. The van der Waals surface area contributed by atoms with E-state index in [9.17, 15) is 4.79 Å². The zero-order chi connectivity index (χ0) is 15.8. The summed E-state index contributed by atoms with van der Waals surface area (Å²) in [7, 11) is 0. The summed E-state index contributed by atoms with van der Waals surface area (Å²) in [6, 6.07) is 14.9. The zero-order valence-corrected chi connectivity index (χ0v) is 12.9. The van der Waals surface area contributed by atoms with Crippen molar-refractivity contribution in [2.24, 2.45) is 5.10 Å². The van der Waals surface area contributed by atoms with Gasteiger partial charge in [-0.2, -0.15) is 5.10 Å². The minimum absolute atomic E-state index is 0.223. The van der Waals surface area contributed by atoms with Gasteiger partial charge in [0.05, 0.1) is 12.8 Å². The first-order valence-corrected chi connectivity index (χ1v) is 7.32. The van der Waals surface area contributed by atoms with Gasteiger partial charge >= 0.3 is 0 Å². The summed E-state index contributed by atoms with van der Waals surface area (Å²) in [6.45, 7) is 4.76. The van der Waals surface area contributed by atoms with E-state index in [1.165, 1.54) is 0 Å². The van der Waals surface area contributed by atoms with Crippen molar-refractivity contribution in [3.8, 4) is 5.75 Å². The summed E-state index contributed by atoms with van der Waals surface area (Å²) >= 11 is 0. The minimum Gasteiger partial charge on any atom is -0.494 e. The third-order valence-corrected chi connectivity index (χ3v) is 3.05. The Morgan fingerprint density at radius 3 is 2.45 bits per heavy atom. The molecular formula is C18H20N2O2. The Labute approximate surface area is 130 Å². The standard InChI is InChI=1S/C18H20N2O2/c1-3-12-22-17-10-6-15(7-11-17)13-19-20-18(21)16-8-4-14(2)5-9-16/h4-11,13H,3,12H2,1-2H3,(H,20,21). The largest absolute Gasteiger partial charge is 0.494 e. The smallest absolute Gasteiger partial charge is 0.271 e. The fourth-order valence-electron chi connectivity index (χ4n) is 1.80. The number of nitrogens with zero attached hydrogens (tertiary/aromatic N) is 1. The molecule has 1 amide bonds. The molecule has 0 saturated heterocycles. The number of carbonyl (C=O) groups excluding carboxylic acids is 1. The Morgan fingerprint density at radius 1 is 1.14 bits per heavy atom. The van der Waals surface area contributed by atoms with E-state index >= 15 is 0 Å². The molecule has 0 fully saturated rings. The van der Waals surface area contributed by atoms with Crippen LogP contribution in [0.25, 0.3) is 0 Å². The molecule has 0 atom stereocenters. The van der Waals surface area contributed by atoms with Crippen LogP contribution in [-0.4, -0.2) is 18.7 Å². The Morgan fingerprint density at radius 2 is 1.82 bits per heavy atom. The number of hydrazone groups is 1. The number of hydrogen-bond acceptors (Lipinski definition) is 3. The van der Waals surface area contributed by atoms with Crippen molar-refractivity contribution in [1.82, 2.24) is 5.43 Å². The fourth-order valence-corrected chi connectivity index (χ4v) is 1.80. The van der Waals surface area contributed by atoms with Gasteiger partial charge in [0.25, 0.3) is 5.91 Å². The lowest BCUT2D eigenvalue weighted by Crippen LogP contribution is -2.17. The van der Waals surface area contributed by atoms with Crippen molar-refractivity contribution in [2.75, 3.05) is 6.61 Å². The summed E-state index contributed by atoms with van der Waals surface area (Å²) < 4.78 is 5.51. The molecule has 0 bridgehead atoms. The van der Waals surface area contributed by atoms with Gasteiger partial charge in [-0.15, -0.1) is 0 Å². The van der Waals surface area contributed by atoms with Gasteiger partial charge < -0.3 is 4.74 Å². The molecule has 4 nitrogen and oxygen atoms in total. The fraction of sp³-hybridized carbons (Fsp3) is 0.222. The molecule has 2 rings (SSSR count). The van der Waals surface area contributed by atoms with E-state index in [0.717, 1.165) is 23.3 Å². The normalized spacial score (nSPS) is 10.6. The number of ether oxygens (including phenoxy) is 1. The molecule has 0 radical (unpaired) electrons. The predicted octanol–water partition coefficient (Wildman–Crippen LogP) is 3.55. The Balaban J connectivity index is 1.89. The molecule has 0 unspecified atom stereocenters. The number of nitrogens with one attached hydrogen (secondary N) is 1. The highest BCUT2D eigenvalue weighted by Gasteiger charge is 2.02. The maximum Gasteiger partial charge on any atom is 0.271 e. The number of rotatable bonds is 6. The van der Waals surface area contributed by atoms with Crippen molar-refractivity contribution in [1.29, 1.82) is 0 Å². The number of amides is 1. The first-order chi connectivity index (χ1) is 10.7. The monoisotopic (exact) mass is 296 g/mol. The van der Waals surface area contributed by atoms with Crippen molar-refractivity contribution in [3.63, 3.8) is 0 Å². The number of benzene rings is 2. The van der Waals surface area contributed by atoms with Crippen LogP contribution in [0.15, 0.2) is 53.6 Å². The number of aryl methyl sites for hydroxylation is 1. The lowest BCUT2D eigenvalue weighted by Gasteiger charge is -2.04.